The van der Waals surface area contributed by atoms with Crippen LogP contribution in [0.4, 0.5) is 5.69 Å². The molecule has 1 aliphatic rings. The standard InChI is InChI=1S/C12H15NO2/c1-3-15-12(14)10-4-5-11-9(8-10)6-7-13(11)2/h4-5,8H,3,6-7H2,1-2H3. The number of carbonyl (C=O) groups is 1. The second-order valence-electron chi connectivity index (χ2n) is 3.74. The highest BCUT2D eigenvalue weighted by molar-refractivity contribution is 5.90. The maximum absolute atomic E-state index is 11.5. The molecule has 15 heavy (non-hydrogen) atoms. The van der Waals surface area contributed by atoms with Gasteiger partial charge in [0.05, 0.1) is 12.2 Å². The smallest absolute Gasteiger partial charge is 0.338 e. The van der Waals surface area contributed by atoms with E-state index < -0.39 is 0 Å². The van der Waals surface area contributed by atoms with E-state index >= 15 is 0 Å². The monoisotopic (exact) mass is 205 g/mol. The molecule has 0 unspecified atom stereocenters. The Bertz CT molecular complexity index is 387. The lowest BCUT2D eigenvalue weighted by molar-refractivity contribution is 0.0526. The molecule has 0 bridgehead atoms. The first-order valence-corrected chi connectivity index (χ1v) is 5.23. The lowest BCUT2D eigenvalue weighted by atomic mass is 10.1. The van der Waals surface area contributed by atoms with E-state index in [1.807, 2.05) is 25.1 Å². The van der Waals surface area contributed by atoms with Crippen molar-refractivity contribution in [2.75, 3.05) is 25.1 Å². The molecule has 0 amide bonds. The van der Waals surface area contributed by atoms with Gasteiger partial charge < -0.3 is 9.64 Å². The number of benzene rings is 1. The van der Waals surface area contributed by atoms with Crippen LogP contribution >= 0.6 is 0 Å². The van der Waals surface area contributed by atoms with Gasteiger partial charge in [0, 0.05) is 19.3 Å². The second-order valence-corrected chi connectivity index (χ2v) is 3.74. The van der Waals surface area contributed by atoms with Gasteiger partial charge in [-0.1, -0.05) is 0 Å². The van der Waals surface area contributed by atoms with Gasteiger partial charge in [-0.2, -0.15) is 0 Å². The fraction of sp³-hybridized carbons (Fsp3) is 0.417. The van der Waals surface area contributed by atoms with Gasteiger partial charge in [0.1, 0.15) is 0 Å². The van der Waals surface area contributed by atoms with Crippen molar-refractivity contribution in [3.63, 3.8) is 0 Å². The third-order valence-electron chi connectivity index (χ3n) is 2.72. The summed E-state index contributed by atoms with van der Waals surface area (Å²) in [6.45, 7) is 3.27. The Morgan fingerprint density at radius 3 is 3.07 bits per heavy atom. The number of likely N-dealkylation sites (N-methyl/N-ethyl adjacent to an activating group) is 1. The van der Waals surface area contributed by atoms with Crippen molar-refractivity contribution in [1.82, 2.24) is 0 Å². The summed E-state index contributed by atoms with van der Waals surface area (Å²) in [5, 5.41) is 0. The molecule has 1 aromatic rings. The number of nitrogens with zero attached hydrogens (tertiary/aromatic N) is 1. The van der Waals surface area contributed by atoms with Gasteiger partial charge in [0.25, 0.3) is 0 Å². The summed E-state index contributed by atoms with van der Waals surface area (Å²) in [5.74, 6) is -0.227. The molecule has 0 atom stereocenters. The van der Waals surface area contributed by atoms with Crippen LogP contribution in [0.3, 0.4) is 0 Å². The van der Waals surface area contributed by atoms with E-state index in [1.165, 1.54) is 11.3 Å². The molecule has 0 aliphatic carbocycles. The Balaban J connectivity index is 2.27. The van der Waals surface area contributed by atoms with E-state index in [1.54, 1.807) is 0 Å². The van der Waals surface area contributed by atoms with Gasteiger partial charge in [-0.05, 0) is 37.1 Å². The van der Waals surface area contributed by atoms with Crippen LogP contribution in [0, 0.1) is 0 Å². The lowest BCUT2D eigenvalue weighted by Gasteiger charge is -2.11. The number of anilines is 1. The Morgan fingerprint density at radius 1 is 1.53 bits per heavy atom. The zero-order chi connectivity index (χ0) is 10.8. The summed E-state index contributed by atoms with van der Waals surface area (Å²) >= 11 is 0. The molecular weight excluding hydrogens is 190 g/mol. The molecule has 0 N–H and O–H groups in total. The van der Waals surface area contributed by atoms with Crippen LogP contribution in [0.1, 0.15) is 22.8 Å². The SMILES string of the molecule is CCOC(=O)c1ccc2c(c1)CCN2C. The molecule has 0 radical (unpaired) electrons. The first-order chi connectivity index (χ1) is 7.22. The summed E-state index contributed by atoms with van der Waals surface area (Å²) in [6, 6.07) is 5.77. The van der Waals surface area contributed by atoms with Gasteiger partial charge in [0.15, 0.2) is 0 Å². The third-order valence-corrected chi connectivity index (χ3v) is 2.72. The van der Waals surface area contributed by atoms with E-state index in [4.69, 9.17) is 4.74 Å². The molecule has 1 aliphatic heterocycles. The molecule has 0 saturated heterocycles. The van der Waals surface area contributed by atoms with Crippen molar-refractivity contribution in [2.24, 2.45) is 0 Å². The minimum absolute atomic E-state index is 0.227. The molecule has 0 fully saturated rings. The lowest BCUT2D eigenvalue weighted by Crippen LogP contribution is -2.12. The van der Waals surface area contributed by atoms with Crippen molar-refractivity contribution in [3.8, 4) is 0 Å². The number of hydrogen-bond donors (Lipinski definition) is 0. The van der Waals surface area contributed by atoms with Crippen LogP contribution in [-0.2, 0) is 11.2 Å². The number of carbonyl (C=O) groups excluding carboxylic acids is 1. The molecule has 0 aromatic heterocycles. The van der Waals surface area contributed by atoms with Crippen LogP contribution in [0.15, 0.2) is 18.2 Å². The molecule has 0 saturated carbocycles. The van der Waals surface area contributed by atoms with E-state index in [2.05, 4.69) is 11.9 Å². The normalized spacial score (nSPS) is 13.9. The Kier molecular flexibility index (Phi) is 2.62. The Morgan fingerprint density at radius 2 is 2.33 bits per heavy atom. The van der Waals surface area contributed by atoms with Crippen molar-refractivity contribution in [3.05, 3.63) is 29.3 Å². The number of esters is 1. The summed E-state index contributed by atoms with van der Waals surface area (Å²) in [6.07, 6.45) is 1.01. The molecule has 0 spiro atoms. The van der Waals surface area contributed by atoms with Gasteiger partial charge >= 0.3 is 5.97 Å². The highest BCUT2D eigenvalue weighted by Crippen LogP contribution is 2.27. The highest BCUT2D eigenvalue weighted by Gasteiger charge is 2.17. The van der Waals surface area contributed by atoms with Crippen molar-refractivity contribution in [2.45, 2.75) is 13.3 Å². The maximum Gasteiger partial charge on any atom is 0.338 e. The molecule has 80 valence electrons. The zero-order valence-electron chi connectivity index (χ0n) is 9.12. The topological polar surface area (TPSA) is 29.5 Å². The Hall–Kier alpha value is -1.51. The molecule has 3 nitrogen and oxygen atoms in total. The Labute approximate surface area is 89.7 Å². The van der Waals surface area contributed by atoms with Crippen LogP contribution in [0.25, 0.3) is 0 Å². The number of ether oxygens (including phenoxy) is 1. The van der Waals surface area contributed by atoms with Crippen LogP contribution in [-0.4, -0.2) is 26.2 Å². The molecule has 1 heterocycles. The fourth-order valence-electron chi connectivity index (χ4n) is 1.91. The first kappa shape index (κ1) is 10.0. The van der Waals surface area contributed by atoms with Crippen LogP contribution in [0.2, 0.25) is 0 Å². The third kappa shape index (κ3) is 1.82. The van der Waals surface area contributed by atoms with Gasteiger partial charge in [-0.3, -0.25) is 0 Å². The quantitative estimate of drug-likeness (QED) is 0.690. The molecule has 2 rings (SSSR count). The molecular formula is C12H15NO2. The summed E-state index contributed by atoms with van der Waals surface area (Å²) in [7, 11) is 2.07. The zero-order valence-corrected chi connectivity index (χ0v) is 9.12. The van der Waals surface area contributed by atoms with Crippen molar-refractivity contribution in [1.29, 1.82) is 0 Å². The van der Waals surface area contributed by atoms with Crippen molar-refractivity contribution < 1.29 is 9.53 Å². The summed E-state index contributed by atoms with van der Waals surface area (Å²) < 4.78 is 4.96. The minimum atomic E-state index is -0.227. The second kappa shape index (κ2) is 3.93. The fourth-order valence-corrected chi connectivity index (χ4v) is 1.91. The highest BCUT2D eigenvalue weighted by atomic mass is 16.5. The summed E-state index contributed by atoms with van der Waals surface area (Å²) in [4.78, 5) is 13.7. The first-order valence-electron chi connectivity index (χ1n) is 5.23. The van der Waals surface area contributed by atoms with Gasteiger partial charge in [0.2, 0.25) is 0 Å². The van der Waals surface area contributed by atoms with Crippen molar-refractivity contribution >= 4 is 11.7 Å². The predicted octanol–water partition coefficient (Wildman–Crippen LogP) is 1.86. The van der Waals surface area contributed by atoms with E-state index in [0.29, 0.717) is 12.2 Å². The van der Waals surface area contributed by atoms with Crippen LogP contribution in [0.5, 0.6) is 0 Å². The number of rotatable bonds is 2. The average molecular weight is 205 g/mol. The van der Waals surface area contributed by atoms with E-state index in [-0.39, 0.29) is 5.97 Å². The maximum atomic E-state index is 11.5. The predicted molar refractivity (Wildman–Crippen MR) is 59.4 cm³/mol. The van der Waals surface area contributed by atoms with E-state index in [0.717, 1.165) is 13.0 Å². The largest absolute Gasteiger partial charge is 0.462 e. The molecule has 3 heteroatoms. The number of fused-ring (bicyclic) bond motifs is 1. The minimum Gasteiger partial charge on any atom is -0.462 e. The van der Waals surface area contributed by atoms with Gasteiger partial charge in [-0.15, -0.1) is 0 Å². The molecule has 1 aromatic carbocycles. The van der Waals surface area contributed by atoms with Gasteiger partial charge in [-0.25, -0.2) is 4.79 Å². The van der Waals surface area contributed by atoms with E-state index in [9.17, 15) is 4.79 Å². The number of hydrogen-bond acceptors (Lipinski definition) is 3. The average Bonchev–Trinajstić information content (AvgIpc) is 2.60. The summed E-state index contributed by atoms with van der Waals surface area (Å²) in [5.41, 5.74) is 3.12. The van der Waals surface area contributed by atoms with Crippen LogP contribution < -0.4 is 4.90 Å².